The van der Waals surface area contributed by atoms with Crippen molar-refractivity contribution in [1.82, 2.24) is 0 Å². The van der Waals surface area contributed by atoms with Gasteiger partial charge in [-0.2, -0.15) is 0 Å². The minimum atomic E-state index is -0.283. The van der Waals surface area contributed by atoms with Gasteiger partial charge in [-0.15, -0.1) is 0 Å². The van der Waals surface area contributed by atoms with E-state index in [4.69, 9.17) is 0 Å². The largest absolute Gasteiger partial charge is 0.355 e. The number of benzene rings is 2. The molecule has 0 saturated heterocycles. The van der Waals surface area contributed by atoms with Crippen LogP contribution in [0.15, 0.2) is 48.5 Å². The van der Waals surface area contributed by atoms with E-state index in [1.807, 2.05) is 12.1 Å². The Balaban J connectivity index is 2.08. The van der Waals surface area contributed by atoms with Gasteiger partial charge in [0.05, 0.1) is 0 Å². The van der Waals surface area contributed by atoms with Gasteiger partial charge in [-0.25, -0.2) is 4.39 Å². The predicted molar refractivity (Wildman–Crippen MR) is 70.4 cm³/mol. The van der Waals surface area contributed by atoms with Gasteiger partial charge in [0.15, 0.2) is 0 Å². The molecule has 0 aliphatic heterocycles. The van der Waals surface area contributed by atoms with Crippen molar-refractivity contribution in [1.29, 1.82) is 0 Å². The second-order valence-electron chi connectivity index (χ2n) is 3.89. The molecular formula is C14H13FN2O. The molecule has 0 unspecified atom stereocenters. The Bertz CT molecular complexity index is 552. The Kier molecular flexibility index (Phi) is 3.57. The quantitative estimate of drug-likeness (QED) is 0.867. The van der Waals surface area contributed by atoms with Gasteiger partial charge in [-0.3, -0.25) is 4.79 Å². The molecule has 0 bridgehead atoms. The average Bonchev–Trinajstić information content (AvgIpc) is 2.31. The molecule has 2 aromatic rings. The minimum absolute atomic E-state index is 0.110. The summed E-state index contributed by atoms with van der Waals surface area (Å²) in [5, 5.41) is 5.75. The van der Waals surface area contributed by atoms with E-state index in [2.05, 4.69) is 10.6 Å². The van der Waals surface area contributed by atoms with Gasteiger partial charge >= 0.3 is 0 Å². The molecule has 4 heteroatoms. The van der Waals surface area contributed by atoms with Gasteiger partial charge in [0.25, 0.3) is 0 Å². The molecule has 92 valence electrons. The van der Waals surface area contributed by atoms with Crippen LogP contribution in [0, 0.1) is 5.82 Å². The van der Waals surface area contributed by atoms with Crippen LogP contribution in [0.4, 0.5) is 21.5 Å². The Labute approximate surface area is 105 Å². The highest BCUT2D eigenvalue weighted by molar-refractivity contribution is 5.88. The lowest BCUT2D eigenvalue weighted by Crippen LogP contribution is -2.05. The third-order valence-electron chi connectivity index (χ3n) is 2.32. The van der Waals surface area contributed by atoms with Crippen LogP contribution < -0.4 is 10.6 Å². The fourth-order valence-electron chi connectivity index (χ4n) is 1.57. The number of carbonyl (C=O) groups excluding carboxylic acids is 1. The van der Waals surface area contributed by atoms with Gasteiger partial charge in [0.2, 0.25) is 5.91 Å². The van der Waals surface area contributed by atoms with Crippen LogP contribution in [-0.4, -0.2) is 5.91 Å². The summed E-state index contributed by atoms with van der Waals surface area (Å²) in [4.78, 5) is 10.9. The summed E-state index contributed by atoms with van der Waals surface area (Å²) in [6.45, 7) is 1.46. The molecule has 0 fully saturated rings. The molecule has 0 aliphatic carbocycles. The molecule has 0 spiro atoms. The van der Waals surface area contributed by atoms with Gasteiger partial charge in [0, 0.05) is 24.0 Å². The smallest absolute Gasteiger partial charge is 0.221 e. The molecule has 0 radical (unpaired) electrons. The second kappa shape index (κ2) is 5.31. The van der Waals surface area contributed by atoms with E-state index < -0.39 is 0 Å². The summed E-state index contributed by atoms with van der Waals surface area (Å²) < 4.78 is 13.0. The van der Waals surface area contributed by atoms with E-state index in [-0.39, 0.29) is 11.7 Å². The van der Waals surface area contributed by atoms with Crippen molar-refractivity contribution in [3.63, 3.8) is 0 Å². The number of carbonyl (C=O) groups is 1. The van der Waals surface area contributed by atoms with Crippen molar-refractivity contribution < 1.29 is 9.18 Å². The standard InChI is InChI=1S/C14H13FN2O/c1-10(18)16-12-5-7-13(8-6-12)17-14-4-2-3-11(15)9-14/h2-9,17H,1H3,(H,16,18). The Morgan fingerprint density at radius 3 is 2.28 bits per heavy atom. The summed E-state index contributed by atoms with van der Waals surface area (Å²) in [7, 11) is 0. The van der Waals surface area contributed by atoms with Crippen molar-refractivity contribution >= 4 is 23.0 Å². The van der Waals surface area contributed by atoms with Crippen LogP contribution >= 0.6 is 0 Å². The zero-order valence-electron chi connectivity index (χ0n) is 9.91. The number of nitrogens with one attached hydrogen (secondary N) is 2. The van der Waals surface area contributed by atoms with Crippen molar-refractivity contribution in [2.45, 2.75) is 6.92 Å². The third-order valence-corrected chi connectivity index (χ3v) is 2.32. The summed E-state index contributed by atoms with van der Waals surface area (Å²) in [5.41, 5.74) is 2.24. The van der Waals surface area contributed by atoms with Crippen LogP contribution in [0.3, 0.4) is 0 Å². The van der Waals surface area contributed by atoms with Crippen molar-refractivity contribution in [2.24, 2.45) is 0 Å². The van der Waals surface area contributed by atoms with Crippen molar-refractivity contribution in [2.75, 3.05) is 10.6 Å². The Hall–Kier alpha value is -2.36. The summed E-state index contributed by atoms with van der Waals surface area (Å²) in [6.07, 6.45) is 0. The number of halogens is 1. The molecular weight excluding hydrogens is 231 g/mol. The highest BCUT2D eigenvalue weighted by Gasteiger charge is 1.98. The number of hydrogen-bond acceptors (Lipinski definition) is 2. The first kappa shape index (κ1) is 12.1. The molecule has 0 atom stereocenters. The molecule has 2 N–H and O–H groups in total. The first-order valence-corrected chi connectivity index (χ1v) is 5.54. The third kappa shape index (κ3) is 3.31. The molecule has 0 heterocycles. The Morgan fingerprint density at radius 2 is 1.67 bits per heavy atom. The van der Waals surface area contributed by atoms with E-state index in [0.29, 0.717) is 5.69 Å². The molecule has 0 aliphatic rings. The number of amides is 1. The Morgan fingerprint density at radius 1 is 1.00 bits per heavy atom. The average molecular weight is 244 g/mol. The highest BCUT2D eigenvalue weighted by Crippen LogP contribution is 2.19. The summed E-state index contributed by atoms with van der Waals surface area (Å²) in [6, 6.07) is 13.4. The van der Waals surface area contributed by atoms with Gasteiger partial charge in [-0.05, 0) is 42.5 Å². The molecule has 1 amide bonds. The second-order valence-corrected chi connectivity index (χ2v) is 3.89. The zero-order chi connectivity index (χ0) is 13.0. The first-order chi connectivity index (χ1) is 8.63. The van der Waals surface area contributed by atoms with Gasteiger partial charge in [-0.1, -0.05) is 6.07 Å². The summed E-state index contributed by atoms with van der Waals surface area (Å²) >= 11 is 0. The van der Waals surface area contributed by atoms with Crippen molar-refractivity contribution in [3.05, 3.63) is 54.3 Å². The molecule has 0 aromatic heterocycles. The van der Waals surface area contributed by atoms with Crippen molar-refractivity contribution in [3.8, 4) is 0 Å². The molecule has 0 saturated carbocycles. The van der Waals surface area contributed by atoms with E-state index in [0.717, 1.165) is 11.4 Å². The number of rotatable bonds is 3. The van der Waals surface area contributed by atoms with Gasteiger partial charge in [0.1, 0.15) is 5.82 Å². The summed E-state index contributed by atoms with van der Waals surface area (Å²) in [5.74, 6) is -0.393. The molecule has 3 nitrogen and oxygen atoms in total. The van der Waals surface area contributed by atoms with E-state index >= 15 is 0 Å². The number of hydrogen-bond donors (Lipinski definition) is 2. The maximum absolute atomic E-state index is 13.0. The van der Waals surface area contributed by atoms with Crippen LogP contribution in [-0.2, 0) is 4.79 Å². The predicted octanol–water partition coefficient (Wildman–Crippen LogP) is 3.53. The maximum Gasteiger partial charge on any atom is 0.221 e. The molecule has 18 heavy (non-hydrogen) atoms. The lowest BCUT2D eigenvalue weighted by Gasteiger charge is -2.07. The van der Waals surface area contributed by atoms with E-state index in [1.54, 1.807) is 24.3 Å². The fraction of sp³-hybridized carbons (Fsp3) is 0.0714. The SMILES string of the molecule is CC(=O)Nc1ccc(Nc2cccc(F)c2)cc1. The van der Waals surface area contributed by atoms with Crippen LogP contribution in [0.5, 0.6) is 0 Å². The van der Waals surface area contributed by atoms with E-state index in [1.165, 1.54) is 19.1 Å². The first-order valence-electron chi connectivity index (χ1n) is 5.54. The number of anilines is 3. The van der Waals surface area contributed by atoms with Gasteiger partial charge < -0.3 is 10.6 Å². The minimum Gasteiger partial charge on any atom is -0.355 e. The fourth-order valence-corrected chi connectivity index (χ4v) is 1.57. The monoisotopic (exact) mass is 244 g/mol. The maximum atomic E-state index is 13.0. The molecule has 2 aromatic carbocycles. The highest BCUT2D eigenvalue weighted by atomic mass is 19.1. The topological polar surface area (TPSA) is 41.1 Å². The lowest BCUT2D eigenvalue weighted by atomic mass is 10.2. The molecule has 2 rings (SSSR count). The zero-order valence-corrected chi connectivity index (χ0v) is 9.91. The van der Waals surface area contributed by atoms with E-state index in [9.17, 15) is 9.18 Å². The normalized spacial score (nSPS) is 9.89. The lowest BCUT2D eigenvalue weighted by molar-refractivity contribution is -0.114. The van der Waals surface area contributed by atoms with Crippen LogP contribution in [0.1, 0.15) is 6.92 Å². The van der Waals surface area contributed by atoms with Crippen LogP contribution in [0.2, 0.25) is 0 Å². The van der Waals surface area contributed by atoms with Crippen LogP contribution in [0.25, 0.3) is 0 Å².